The summed E-state index contributed by atoms with van der Waals surface area (Å²) < 4.78 is 13.7. The highest BCUT2D eigenvalue weighted by molar-refractivity contribution is 5.96. The third kappa shape index (κ3) is 4.12. The zero-order valence-corrected chi connectivity index (χ0v) is 19.8. The van der Waals surface area contributed by atoms with Crippen molar-refractivity contribution in [3.8, 4) is 11.5 Å². The van der Waals surface area contributed by atoms with Crippen LogP contribution >= 0.6 is 0 Å². The molecule has 1 fully saturated rings. The summed E-state index contributed by atoms with van der Waals surface area (Å²) in [5, 5.41) is 0. The first-order chi connectivity index (χ1) is 16.5. The van der Waals surface area contributed by atoms with Crippen LogP contribution in [-0.2, 0) is 11.3 Å². The van der Waals surface area contributed by atoms with Crippen molar-refractivity contribution < 1.29 is 14.3 Å². The Morgan fingerprint density at radius 2 is 1.74 bits per heavy atom. The number of carbonyl (C=O) groups excluding carboxylic acids is 1. The van der Waals surface area contributed by atoms with Gasteiger partial charge in [-0.1, -0.05) is 30.3 Å². The lowest BCUT2D eigenvalue weighted by Gasteiger charge is -2.19. The standard InChI is InChI=1S/C28H29N3O3/c1-19-12-13-22(16-20(19)2)31-18-21(17-27(31)32)28-29-23-8-4-5-9-24(23)30(28)14-15-34-26-11-7-6-10-25(26)33-3/h4-13,16,21H,14-15,17-18H2,1-3H3. The van der Waals surface area contributed by atoms with Crippen molar-refractivity contribution in [1.29, 1.82) is 0 Å². The minimum absolute atomic E-state index is 0.0211. The summed E-state index contributed by atoms with van der Waals surface area (Å²) >= 11 is 0. The Labute approximate surface area is 199 Å². The third-order valence-corrected chi connectivity index (χ3v) is 6.62. The first-order valence-corrected chi connectivity index (χ1v) is 11.6. The minimum atomic E-state index is 0.0211. The van der Waals surface area contributed by atoms with Crippen LogP contribution in [0.4, 0.5) is 5.69 Å². The maximum Gasteiger partial charge on any atom is 0.227 e. The predicted molar refractivity (Wildman–Crippen MR) is 134 cm³/mol. The number of anilines is 1. The van der Waals surface area contributed by atoms with Crippen LogP contribution in [0.25, 0.3) is 11.0 Å². The van der Waals surface area contributed by atoms with Crippen molar-refractivity contribution >= 4 is 22.6 Å². The number of fused-ring (bicyclic) bond motifs is 1. The zero-order chi connectivity index (χ0) is 23.7. The number of para-hydroxylation sites is 4. The molecule has 1 aliphatic rings. The van der Waals surface area contributed by atoms with Gasteiger partial charge < -0.3 is 18.9 Å². The van der Waals surface area contributed by atoms with Crippen molar-refractivity contribution in [2.45, 2.75) is 32.7 Å². The smallest absolute Gasteiger partial charge is 0.227 e. The molecule has 6 heteroatoms. The highest BCUT2D eigenvalue weighted by Gasteiger charge is 2.35. The normalized spacial score (nSPS) is 15.8. The zero-order valence-electron chi connectivity index (χ0n) is 19.8. The van der Waals surface area contributed by atoms with Crippen LogP contribution in [0, 0.1) is 13.8 Å². The first kappa shape index (κ1) is 22.0. The molecule has 0 bridgehead atoms. The van der Waals surface area contributed by atoms with E-state index in [1.54, 1.807) is 7.11 Å². The van der Waals surface area contributed by atoms with Gasteiger partial charge in [0.2, 0.25) is 5.91 Å². The van der Waals surface area contributed by atoms with E-state index in [0.717, 1.165) is 22.5 Å². The van der Waals surface area contributed by atoms with Gasteiger partial charge >= 0.3 is 0 Å². The van der Waals surface area contributed by atoms with E-state index in [0.29, 0.717) is 37.6 Å². The van der Waals surface area contributed by atoms with Gasteiger partial charge in [0, 0.05) is 24.6 Å². The highest BCUT2D eigenvalue weighted by Crippen LogP contribution is 2.34. The molecule has 1 saturated heterocycles. The molecule has 0 radical (unpaired) electrons. The van der Waals surface area contributed by atoms with Gasteiger partial charge in [-0.25, -0.2) is 4.98 Å². The van der Waals surface area contributed by atoms with E-state index in [2.05, 4.69) is 36.6 Å². The predicted octanol–water partition coefficient (Wildman–Crippen LogP) is 5.26. The number of amides is 1. The SMILES string of the molecule is COc1ccccc1OCCn1c(C2CC(=O)N(c3ccc(C)c(C)c3)C2)nc2ccccc21. The van der Waals surface area contributed by atoms with E-state index in [9.17, 15) is 4.79 Å². The number of hydrogen-bond acceptors (Lipinski definition) is 4. The number of carbonyl (C=O) groups is 1. The minimum Gasteiger partial charge on any atom is -0.493 e. The van der Waals surface area contributed by atoms with Crippen molar-refractivity contribution in [2.75, 3.05) is 25.2 Å². The molecule has 174 valence electrons. The average Bonchev–Trinajstić information content (AvgIpc) is 3.42. The molecular weight excluding hydrogens is 426 g/mol. The number of aromatic nitrogens is 2. The average molecular weight is 456 g/mol. The van der Waals surface area contributed by atoms with Crippen LogP contribution in [0.3, 0.4) is 0 Å². The number of rotatable bonds is 7. The summed E-state index contributed by atoms with van der Waals surface area (Å²) in [5.41, 5.74) is 5.36. The van der Waals surface area contributed by atoms with Gasteiger partial charge in [0.05, 0.1) is 24.7 Å². The number of aryl methyl sites for hydroxylation is 2. The molecule has 1 aromatic heterocycles. The lowest BCUT2D eigenvalue weighted by atomic mass is 10.1. The number of methoxy groups -OCH3 is 1. The molecule has 6 nitrogen and oxygen atoms in total. The summed E-state index contributed by atoms with van der Waals surface area (Å²) in [6, 6.07) is 22.0. The lowest BCUT2D eigenvalue weighted by molar-refractivity contribution is -0.117. The van der Waals surface area contributed by atoms with Gasteiger partial charge in [-0.2, -0.15) is 0 Å². The summed E-state index contributed by atoms with van der Waals surface area (Å²) in [7, 11) is 1.64. The van der Waals surface area contributed by atoms with E-state index >= 15 is 0 Å². The molecule has 1 atom stereocenters. The van der Waals surface area contributed by atoms with E-state index < -0.39 is 0 Å². The number of nitrogens with zero attached hydrogens (tertiary/aromatic N) is 3. The summed E-state index contributed by atoms with van der Waals surface area (Å²) in [4.78, 5) is 19.8. The van der Waals surface area contributed by atoms with Gasteiger partial charge in [-0.05, 0) is 61.4 Å². The van der Waals surface area contributed by atoms with Gasteiger partial charge in [0.25, 0.3) is 0 Å². The molecule has 2 heterocycles. The van der Waals surface area contributed by atoms with E-state index in [4.69, 9.17) is 14.5 Å². The Kier molecular flexibility index (Phi) is 5.97. The summed E-state index contributed by atoms with van der Waals surface area (Å²) in [6.45, 7) is 5.89. The second-order valence-electron chi connectivity index (χ2n) is 8.78. The van der Waals surface area contributed by atoms with Crippen LogP contribution in [0.5, 0.6) is 11.5 Å². The number of imidazole rings is 1. The van der Waals surface area contributed by atoms with Crippen LogP contribution in [0.2, 0.25) is 0 Å². The van der Waals surface area contributed by atoms with Gasteiger partial charge in [-0.15, -0.1) is 0 Å². The van der Waals surface area contributed by atoms with Crippen LogP contribution < -0.4 is 14.4 Å². The first-order valence-electron chi connectivity index (χ1n) is 11.6. The quantitative estimate of drug-likeness (QED) is 0.381. The Morgan fingerprint density at radius 1 is 0.971 bits per heavy atom. The van der Waals surface area contributed by atoms with Crippen molar-refractivity contribution in [2.24, 2.45) is 0 Å². The second kappa shape index (κ2) is 9.21. The molecule has 0 spiro atoms. The van der Waals surface area contributed by atoms with E-state index in [1.165, 1.54) is 11.1 Å². The van der Waals surface area contributed by atoms with E-state index in [-0.39, 0.29) is 11.8 Å². The molecule has 0 saturated carbocycles. The summed E-state index contributed by atoms with van der Waals surface area (Å²) in [5.74, 6) is 2.52. The van der Waals surface area contributed by atoms with Gasteiger partial charge in [0.15, 0.2) is 11.5 Å². The number of ether oxygens (including phenoxy) is 2. The molecule has 4 aromatic rings. The molecule has 1 amide bonds. The monoisotopic (exact) mass is 455 g/mol. The number of hydrogen-bond donors (Lipinski definition) is 0. The molecule has 34 heavy (non-hydrogen) atoms. The fourth-order valence-corrected chi connectivity index (χ4v) is 4.65. The molecule has 0 N–H and O–H groups in total. The van der Waals surface area contributed by atoms with Gasteiger partial charge in [-0.3, -0.25) is 4.79 Å². The fraction of sp³-hybridized carbons (Fsp3) is 0.286. The Morgan fingerprint density at radius 3 is 2.53 bits per heavy atom. The van der Waals surface area contributed by atoms with Gasteiger partial charge in [0.1, 0.15) is 12.4 Å². The molecule has 0 aliphatic carbocycles. The van der Waals surface area contributed by atoms with Crippen molar-refractivity contribution in [3.63, 3.8) is 0 Å². The largest absolute Gasteiger partial charge is 0.493 e. The Hall–Kier alpha value is -3.80. The molecule has 5 rings (SSSR count). The molecule has 3 aromatic carbocycles. The molecule has 1 unspecified atom stereocenters. The Bertz CT molecular complexity index is 1340. The fourth-order valence-electron chi connectivity index (χ4n) is 4.65. The number of benzene rings is 3. The van der Waals surface area contributed by atoms with E-state index in [1.807, 2.05) is 53.4 Å². The van der Waals surface area contributed by atoms with Crippen molar-refractivity contribution in [1.82, 2.24) is 9.55 Å². The summed E-state index contributed by atoms with van der Waals surface area (Å²) in [6.07, 6.45) is 0.448. The third-order valence-electron chi connectivity index (χ3n) is 6.62. The maximum atomic E-state index is 13.0. The van der Waals surface area contributed by atoms with Crippen LogP contribution in [0.1, 0.15) is 29.3 Å². The second-order valence-corrected chi connectivity index (χ2v) is 8.78. The van der Waals surface area contributed by atoms with Crippen LogP contribution in [-0.4, -0.2) is 35.7 Å². The highest BCUT2D eigenvalue weighted by atomic mass is 16.5. The van der Waals surface area contributed by atoms with Crippen LogP contribution in [0.15, 0.2) is 66.7 Å². The maximum absolute atomic E-state index is 13.0. The topological polar surface area (TPSA) is 56.6 Å². The van der Waals surface area contributed by atoms with Crippen molar-refractivity contribution in [3.05, 3.63) is 83.7 Å². The lowest BCUT2D eigenvalue weighted by Crippen LogP contribution is -2.24. The Balaban J connectivity index is 1.40. The molecular formula is C28H29N3O3. The molecule has 1 aliphatic heterocycles.